The third-order valence-corrected chi connectivity index (χ3v) is 5.82. The number of aromatic nitrogens is 2. The molecule has 3 aromatic rings. The van der Waals surface area contributed by atoms with Crippen molar-refractivity contribution in [1.29, 1.82) is 0 Å². The van der Waals surface area contributed by atoms with E-state index in [0.717, 1.165) is 43.6 Å². The van der Waals surface area contributed by atoms with E-state index >= 15 is 0 Å². The number of ketones is 1. The Hall–Kier alpha value is -3.15. The number of carbonyl (C=O) groups excluding carboxylic acids is 2. The zero-order chi connectivity index (χ0) is 20.9. The van der Waals surface area contributed by atoms with Gasteiger partial charge in [0.15, 0.2) is 6.61 Å². The van der Waals surface area contributed by atoms with Crippen LogP contribution in [0.1, 0.15) is 43.2 Å². The van der Waals surface area contributed by atoms with Gasteiger partial charge in [-0.3, -0.25) is 4.79 Å². The zero-order valence-corrected chi connectivity index (χ0v) is 17.3. The van der Waals surface area contributed by atoms with Gasteiger partial charge in [0.2, 0.25) is 0 Å². The van der Waals surface area contributed by atoms with E-state index in [1.807, 2.05) is 35.2 Å². The van der Waals surface area contributed by atoms with Gasteiger partial charge in [-0.2, -0.15) is 0 Å². The number of nitrogens with zero attached hydrogens (tertiary/aromatic N) is 2. The minimum Gasteiger partial charge on any atom is -0.484 e. The minimum atomic E-state index is 0.0229. The number of fused-ring (bicyclic) bond motifs is 1. The minimum absolute atomic E-state index is 0.0229. The largest absolute Gasteiger partial charge is 0.484 e. The summed E-state index contributed by atoms with van der Waals surface area (Å²) in [6.45, 7) is 3.13. The van der Waals surface area contributed by atoms with Crippen LogP contribution in [0.15, 0.2) is 48.8 Å². The normalized spacial score (nSPS) is 14.8. The molecule has 2 aromatic heterocycles. The number of Topliss-reactive ketones (excluding diaryl/α,β-unsaturated/α-hetero) is 1. The molecule has 0 unspecified atom stereocenters. The molecular formula is C24H27N3O3. The molecule has 1 aliphatic rings. The number of likely N-dealkylation sites (tertiary alicyclic amines) is 1. The summed E-state index contributed by atoms with van der Waals surface area (Å²) >= 11 is 0. The van der Waals surface area contributed by atoms with Crippen molar-refractivity contribution in [2.75, 3.05) is 19.7 Å². The number of rotatable bonds is 7. The Bertz CT molecular complexity index is 1020. The maximum atomic E-state index is 12.6. The van der Waals surface area contributed by atoms with Gasteiger partial charge in [0.25, 0.3) is 5.91 Å². The number of aryl methyl sites for hydroxylation is 1. The molecule has 0 spiro atoms. The lowest BCUT2D eigenvalue weighted by Crippen LogP contribution is -2.40. The zero-order valence-electron chi connectivity index (χ0n) is 17.3. The molecule has 1 amide bonds. The molecule has 1 fully saturated rings. The number of amides is 1. The summed E-state index contributed by atoms with van der Waals surface area (Å²) in [5, 5.41) is 1.18. The first-order chi connectivity index (χ1) is 14.6. The topological polar surface area (TPSA) is 75.3 Å². The van der Waals surface area contributed by atoms with Gasteiger partial charge in [-0.15, -0.1) is 0 Å². The molecule has 156 valence electrons. The van der Waals surface area contributed by atoms with Gasteiger partial charge in [-0.1, -0.05) is 12.1 Å². The number of piperidine rings is 1. The molecule has 1 aromatic carbocycles. The molecule has 6 nitrogen and oxygen atoms in total. The highest BCUT2D eigenvalue weighted by Gasteiger charge is 2.25. The lowest BCUT2D eigenvalue weighted by molar-refractivity contribution is -0.134. The van der Waals surface area contributed by atoms with E-state index in [-0.39, 0.29) is 18.3 Å². The number of hydrogen-bond donors (Lipinski definition) is 1. The van der Waals surface area contributed by atoms with Crippen molar-refractivity contribution in [3.8, 4) is 5.75 Å². The number of carbonyl (C=O) groups is 2. The van der Waals surface area contributed by atoms with Crippen LogP contribution in [-0.4, -0.2) is 46.3 Å². The molecule has 1 N–H and O–H groups in total. The smallest absolute Gasteiger partial charge is 0.260 e. The molecular weight excluding hydrogens is 378 g/mol. The van der Waals surface area contributed by atoms with Crippen LogP contribution in [0, 0.1) is 0 Å². The van der Waals surface area contributed by atoms with Crippen molar-refractivity contribution in [3.05, 3.63) is 59.9 Å². The lowest BCUT2D eigenvalue weighted by atomic mass is 9.89. The number of H-pyrrole nitrogens is 1. The number of pyridine rings is 1. The Kier molecular flexibility index (Phi) is 6.12. The van der Waals surface area contributed by atoms with Gasteiger partial charge in [0.1, 0.15) is 17.2 Å². The van der Waals surface area contributed by atoms with E-state index in [1.54, 1.807) is 13.1 Å². The highest BCUT2D eigenvalue weighted by molar-refractivity contribution is 5.80. The quantitative estimate of drug-likeness (QED) is 0.647. The van der Waals surface area contributed by atoms with Crippen LogP contribution in [-0.2, 0) is 16.0 Å². The van der Waals surface area contributed by atoms with E-state index < -0.39 is 0 Å². The lowest BCUT2D eigenvalue weighted by Gasteiger charge is -2.32. The number of nitrogens with one attached hydrogen (secondary N) is 1. The van der Waals surface area contributed by atoms with Crippen LogP contribution < -0.4 is 4.74 Å². The number of hydrogen-bond acceptors (Lipinski definition) is 4. The fourth-order valence-corrected chi connectivity index (χ4v) is 4.06. The van der Waals surface area contributed by atoms with Crippen molar-refractivity contribution in [2.24, 2.45) is 0 Å². The average molecular weight is 405 g/mol. The second kappa shape index (κ2) is 9.11. The predicted molar refractivity (Wildman–Crippen MR) is 116 cm³/mol. The molecule has 4 rings (SSSR count). The summed E-state index contributed by atoms with van der Waals surface area (Å²) in [4.78, 5) is 33.2. The van der Waals surface area contributed by atoms with E-state index in [2.05, 4.69) is 22.2 Å². The molecule has 0 atom stereocenters. The summed E-state index contributed by atoms with van der Waals surface area (Å²) < 4.78 is 5.69. The number of benzene rings is 1. The third-order valence-electron chi connectivity index (χ3n) is 5.82. The Morgan fingerprint density at radius 3 is 2.67 bits per heavy atom. The highest BCUT2D eigenvalue weighted by atomic mass is 16.5. The fourth-order valence-electron chi connectivity index (χ4n) is 4.06. The second-order valence-corrected chi connectivity index (χ2v) is 7.93. The van der Waals surface area contributed by atoms with Gasteiger partial charge in [-0.05, 0) is 67.5 Å². The highest BCUT2D eigenvalue weighted by Crippen LogP contribution is 2.32. The molecule has 3 heterocycles. The summed E-state index contributed by atoms with van der Waals surface area (Å²) in [5.74, 6) is 1.33. The average Bonchev–Trinajstić information content (AvgIpc) is 3.21. The van der Waals surface area contributed by atoms with Crippen molar-refractivity contribution >= 4 is 22.7 Å². The van der Waals surface area contributed by atoms with Gasteiger partial charge >= 0.3 is 0 Å². The Labute approximate surface area is 176 Å². The SMILES string of the molecule is CC(=O)CCc1ccc(OCC(=O)N2CCC(c3c[nH]c4ncccc34)CC2)cc1. The van der Waals surface area contributed by atoms with Crippen LogP contribution in [0.5, 0.6) is 5.75 Å². The molecule has 1 saturated heterocycles. The Balaban J connectivity index is 1.26. The van der Waals surface area contributed by atoms with Crippen LogP contribution in [0.3, 0.4) is 0 Å². The molecule has 0 radical (unpaired) electrons. The van der Waals surface area contributed by atoms with E-state index in [9.17, 15) is 9.59 Å². The predicted octanol–water partition coefficient (Wildman–Crippen LogP) is 3.87. The van der Waals surface area contributed by atoms with Crippen molar-refractivity contribution in [2.45, 2.75) is 38.5 Å². The molecule has 0 saturated carbocycles. The van der Waals surface area contributed by atoms with E-state index in [4.69, 9.17) is 4.74 Å². The van der Waals surface area contributed by atoms with Crippen molar-refractivity contribution in [1.82, 2.24) is 14.9 Å². The second-order valence-electron chi connectivity index (χ2n) is 7.93. The maximum absolute atomic E-state index is 12.6. The van der Waals surface area contributed by atoms with Crippen LogP contribution in [0.4, 0.5) is 0 Å². The number of aromatic amines is 1. The van der Waals surface area contributed by atoms with E-state index in [1.165, 1.54) is 10.9 Å². The maximum Gasteiger partial charge on any atom is 0.260 e. The summed E-state index contributed by atoms with van der Waals surface area (Å²) in [5.41, 5.74) is 3.32. The van der Waals surface area contributed by atoms with Gasteiger partial charge in [-0.25, -0.2) is 4.98 Å². The fraction of sp³-hybridized carbons (Fsp3) is 0.375. The molecule has 0 bridgehead atoms. The third kappa shape index (κ3) is 4.70. The molecule has 1 aliphatic heterocycles. The molecule has 6 heteroatoms. The van der Waals surface area contributed by atoms with Crippen molar-refractivity contribution in [3.63, 3.8) is 0 Å². The molecule has 0 aliphatic carbocycles. The summed E-state index contributed by atoms with van der Waals surface area (Å²) in [6.07, 6.45) is 7.02. The first-order valence-electron chi connectivity index (χ1n) is 10.5. The molecule has 30 heavy (non-hydrogen) atoms. The first kappa shape index (κ1) is 20.1. The Morgan fingerprint density at radius 1 is 1.17 bits per heavy atom. The van der Waals surface area contributed by atoms with Crippen molar-refractivity contribution < 1.29 is 14.3 Å². The Morgan fingerprint density at radius 2 is 1.93 bits per heavy atom. The number of ether oxygens (including phenoxy) is 1. The van der Waals surface area contributed by atoms with Gasteiger partial charge in [0, 0.05) is 37.3 Å². The monoisotopic (exact) mass is 405 g/mol. The summed E-state index contributed by atoms with van der Waals surface area (Å²) in [7, 11) is 0. The van der Waals surface area contributed by atoms with Crippen LogP contribution >= 0.6 is 0 Å². The first-order valence-corrected chi connectivity index (χ1v) is 10.5. The van der Waals surface area contributed by atoms with E-state index in [0.29, 0.717) is 18.1 Å². The van der Waals surface area contributed by atoms with Crippen LogP contribution in [0.2, 0.25) is 0 Å². The summed E-state index contributed by atoms with van der Waals surface area (Å²) in [6, 6.07) is 11.7. The van der Waals surface area contributed by atoms with Crippen LogP contribution in [0.25, 0.3) is 11.0 Å². The van der Waals surface area contributed by atoms with Gasteiger partial charge < -0.3 is 19.4 Å². The van der Waals surface area contributed by atoms with Gasteiger partial charge in [0.05, 0.1) is 0 Å². The standard InChI is InChI=1S/C24H27N3O3/c1-17(28)4-5-18-6-8-20(9-7-18)30-16-23(29)27-13-10-19(11-14-27)22-15-26-24-21(22)3-2-12-25-24/h2-3,6-9,12,15,19H,4-5,10-11,13-14,16H2,1H3,(H,25,26).